The Hall–Kier alpha value is -3.05. The molecule has 10 nitrogen and oxygen atoms in total. The number of nitrogens with zero attached hydrogens (tertiary/aromatic N) is 5. The second-order valence-electron chi connectivity index (χ2n) is 13.3. The summed E-state index contributed by atoms with van der Waals surface area (Å²) in [6, 6.07) is 13.5. The Morgan fingerprint density at radius 2 is 1.57 bits per heavy atom. The highest BCUT2D eigenvalue weighted by Crippen LogP contribution is 2.27. The molecular formula is C35H46Cl2N6O4. The van der Waals surface area contributed by atoms with E-state index in [2.05, 4.69) is 22.2 Å². The first-order valence-corrected chi connectivity index (χ1v) is 17.8. The number of carbonyl (C=O) groups is 3. The number of hydrogen-bond acceptors (Lipinski definition) is 6. The zero-order valence-electron chi connectivity index (χ0n) is 27.2. The molecule has 0 aliphatic carbocycles. The molecule has 254 valence electrons. The molecule has 6 rings (SSSR count). The van der Waals surface area contributed by atoms with E-state index in [4.69, 9.17) is 27.9 Å². The predicted octanol–water partition coefficient (Wildman–Crippen LogP) is 5.22. The lowest BCUT2D eigenvalue weighted by Gasteiger charge is -2.40. The molecule has 4 heterocycles. The van der Waals surface area contributed by atoms with Gasteiger partial charge in [0, 0.05) is 70.0 Å². The summed E-state index contributed by atoms with van der Waals surface area (Å²) in [5.41, 5.74) is 2.76. The zero-order chi connectivity index (χ0) is 32.9. The van der Waals surface area contributed by atoms with Crippen molar-refractivity contribution in [2.45, 2.75) is 63.1 Å². The second kappa shape index (κ2) is 15.4. The first kappa shape index (κ1) is 33.8. The fraction of sp³-hybridized carbons (Fsp3) is 0.571. The Labute approximate surface area is 287 Å². The number of nitrogens with one attached hydrogen (secondary N) is 1. The minimum Gasteiger partial charge on any atom is -0.436 e. The summed E-state index contributed by atoms with van der Waals surface area (Å²) in [6.45, 7) is 7.13. The second-order valence-corrected chi connectivity index (χ2v) is 14.1. The Bertz CT molecular complexity index is 1430. The van der Waals surface area contributed by atoms with Crippen molar-refractivity contribution in [1.82, 2.24) is 24.5 Å². The molecule has 1 N–H and O–H groups in total. The van der Waals surface area contributed by atoms with Gasteiger partial charge in [0.05, 0.1) is 10.0 Å². The highest BCUT2D eigenvalue weighted by Gasteiger charge is 2.36. The number of likely N-dealkylation sites (N-methyl/N-ethyl adjacent to an activating group) is 1. The maximum atomic E-state index is 14.0. The molecule has 0 bridgehead atoms. The number of halogens is 2. The molecule has 1 atom stereocenters. The van der Waals surface area contributed by atoms with Crippen LogP contribution < -0.4 is 5.32 Å². The number of rotatable bonds is 6. The molecule has 0 radical (unpaired) electrons. The summed E-state index contributed by atoms with van der Waals surface area (Å²) in [6.07, 6.45) is 3.78. The van der Waals surface area contributed by atoms with Crippen molar-refractivity contribution in [2.75, 3.05) is 71.3 Å². The van der Waals surface area contributed by atoms with Crippen LogP contribution in [-0.4, -0.2) is 127 Å². The van der Waals surface area contributed by atoms with Crippen LogP contribution in [0.1, 0.15) is 43.2 Å². The quantitative estimate of drug-likeness (QED) is 0.449. The van der Waals surface area contributed by atoms with E-state index in [-0.39, 0.29) is 24.4 Å². The van der Waals surface area contributed by atoms with Gasteiger partial charge in [-0.1, -0.05) is 47.5 Å². The fourth-order valence-corrected chi connectivity index (χ4v) is 7.76. The van der Waals surface area contributed by atoms with Gasteiger partial charge in [-0.25, -0.2) is 9.59 Å². The lowest BCUT2D eigenvalue weighted by atomic mass is 10.0. The van der Waals surface area contributed by atoms with E-state index in [0.29, 0.717) is 61.7 Å². The van der Waals surface area contributed by atoms with Crippen molar-refractivity contribution in [3.8, 4) is 0 Å². The molecule has 3 fully saturated rings. The summed E-state index contributed by atoms with van der Waals surface area (Å²) in [5.74, 6) is -0.172. The van der Waals surface area contributed by atoms with Gasteiger partial charge in [-0.2, -0.15) is 0 Å². The van der Waals surface area contributed by atoms with Crippen molar-refractivity contribution >= 4 is 46.9 Å². The Balaban J connectivity index is 1.07. The average molecular weight is 686 g/mol. The maximum absolute atomic E-state index is 14.0. The van der Waals surface area contributed by atoms with Crippen LogP contribution in [0, 0.1) is 0 Å². The van der Waals surface area contributed by atoms with E-state index in [1.165, 1.54) is 0 Å². The van der Waals surface area contributed by atoms with Gasteiger partial charge in [-0.15, -0.1) is 0 Å². The van der Waals surface area contributed by atoms with Crippen LogP contribution in [-0.2, 0) is 22.4 Å². The Kier molecular flexibility index (Phi) is 11.1. The molecule has 0 spiro atoms. The number of hydrogen-bond donors (Lipinski definition) is 1. The van der Waals surface area contributed by atoms with Crippen LogP contribution in [0.3, 0.4) is 0 Å². The molecule has 4 amide bonds. The van der Waals surface area contributed by atoms with E-state index in [1.54, 1.807) is 17.0 Å². The number of fused-ring (bicyclic) bond motifs is 1. The van der Waals surface area contributed by atoms with E-state index in [1.807, 2.05) is 40.1 Å². The summed E-state index contributed by atoms with van der Waals surface area (Å²) in [7, 11) is 2.18. The van der Waals surface area contributed by atoms with Crippen molar-refractivity contribution in [1.29, 1.82) is 0 Å². The molecule has 3 saturated heterocycles. The van der Waals surface area contributed by atoms with E-state index >= 15 is 0 Å². The largest absolute Gasteiger partial charge is 0.436 e. The Morgan fingerprint density at radius 1 is 0.851 bits per heavy atom. The first-order chi connectivity index (χ1) is 22.7. The number of likely N-dealkylation sites (tertiary alicyclic amines) is 2. The van der Waals surface area contributed by atoms with Crippen LogP contribution >= 0.6 is 23.2 Å². The fourth-order valence-electron chi connectivity index (χ4n) is 7.44. The monoisotopic (exact) mass is 684 g/mol. The van der Waals surface area contributed by atoms with Crippen molar-refractivity contribution < 1.29 is 19.1 Å². The summed E-state index contributed by atoms with van der Waals surface area (Å²) >= 11 is 12.5. The minimum absolute atomic E-state index is 0.0212. The molecule has 0 saturated carbocycles. The summed E-state index contributed by atoms with van der Waals surface area (Å²) in [5, 5.41) is 3.88. The van der Waals surface area contributed by atoms with Crippen LogP contribution in [0.4, 0.5) is 15.3 Å². The molecule has 12 heteroatoms. The number of benzene rings is 2. The third-order valence-corrected chi connectivity index (χ3v) is 11.0. The molecule has 2 aromatic rings. The lowest BCUT2D eigenvalue weighted by Crippen LogP contribution is -2.52. The first-order valence-electron chi connectivity index (χ1n) is 17.0. The van der Waals surface area contributed by atoms with E-state index in [0.717, 1.165) is 68.7 Å². The van der Waals surface area contributed by atoms with Gasteiger partial charge in [0.15, 0.2) is 6.10 Å². The molecule has 47 heavy (non-hydrogen) atoms. The van der Waals surface area contributed by atoms with Crippen LogP contribution in [0.15, 0.2) is 42.5 Å². The maximum Gasteiger partial charge on any atom is 0.410 e. The van der Waals surface area contributed by atoms with Crippen molar-refractivity contribution in [3.05, 3.63) is 63.6 Å². The van der Waals surface area contributed by atoms with Crippen LogP contribution in [0.5, 0.6) is 0 Å². The SMILES string of the molecule is CN1CCCN(C2CCN(C(=O)[C@@H](Cc3ccc(Cl)c(Cl)c3)OC(=O)N3CCC(N4CCc5ccccc5NC4=O)CC3)CC2)CC1. The number of piperidine rings is 2. The molecule has 0 aromatic heterocycles. The third kappa shape index (κ3) is 8.34. The number of amides is 4. The molecular weight excluding hydrogens is 639 g/mol. The molecule has 4 aliphatic rings. The predicted molar refractivity (Wildman–Crippen MR) is 184 cm³/mol. The topological polar surface area (TPSA) is 88.7 Å². The van der Waals surface area contributed by atoms with Crippen LogP contribution in [0.2, 0.25) is 10.0 Å². The lowest BCUT2D eigenvalue weighted by molar-refractivity contribution is -0.142. The van der Waals surface area contributed by atoms with Gasteiger partial charge in [0.2, 0.25) is 0 Å². The van der Waals surface area contributed by atoms with Gasteiger partial charge in [-0.05, 0) is 88.0 Å². The summed E-state index contributed by atoms with van der Waals surface area (Å²) < 4.78 is 6.03. The molecule has 4 aliphatic heterocycles. The normalized spacial score (nSPS) is 21.4. The molecule has 2 aromatic carbocycles. The minimum atomic E-state index is -0.976. The smallest absolute Gasteiger partial charge is 0.410 e. The highest BCUT2D eigenvalue weighted by molar-refractivity contribution is 6.42. The van der Waals surface area contributed by atoms with Crippen molar-refractivity contribution in [2.24, 2.45) is 0 Å². The standard InChI is InChI=1S/C35H46Cl2N6O4/c1-39-14-4-15-40(22-21-39)27-10-16-41(17-11-27)33(44)32(24-25-7-8-29(36)30(37)23-25)47-35(46)42-18-12-28(13-19-42)43-20-9-26-5-2-3-6-31(26)38-34(43)45/h2-3,5-8,23,27-28,32H,4,9-22,24H2,1H3,(H,38,45)/t32-/m1/s1. The van der Waals surface area contributed by atoms with Gasteiger partial charge in [-0.3, -0.25) is 9.69 Å². The van der Waals surface area contributed by atoms with Gasteiger partial charge in [0.25, 0.3) is 5.91 Å². The molecule has 0 unspecified atom stereocenters. The zero-order valence-corrected chi connectivity index (χ0v) is 28.7. The number of para-hydroxylation sites is 1. The van der Waals surface area contributed by atoms with Crippen LogP contribution in [0.25, 0.3) is 0 Å². The number of ether oxygens (including phenoxy) is 1. The van der Waals surface area contributed by atoms with Gasteiger partial charge in [0.1, 0.15) is 0 Å². The number of urea groups is 1. The summed E-state index contributed by atoms with van der Waals surface area (Å²) in [4.78, 5) is 51.0. The van der Waals surface area contributed by atoms with E-state index < -0.39 is 12.2 Å². The average Bonchev–Trinajstić information content (AvgIpc) is 3.40. The Morgan fingerprint density at radius 3 is 2.34 bits per heavy atom. The van der Waals surface area contributed by atoms with Gasteiger partial charge >= 0.3 is 12.1 Å². The van der Waals surface area contributed by atoms with Gasteiger partial charge < -0.3 is 29.7 Å². The highest BCUT2D eigenvalue weighted by atomic mass is 35.5. The third-order valence-electron chi connectivity index (χ3n) is 10.3. The number of carbonyl (C=O) groups excluding carboxylic acids is 3. The number of anilines is 1. The van der Waals surface area contributed by atoms with Crippen molar-refractivity contribution in [3.63, 3.8) is 0 Å². The van der Waals surface area contributed by atoms with E-state index in [9.17, 15) is 14.4 Å².